The molecule has 0 aromatic heterocycles. The third-order valence-corrected chi connectivity index (χ3v) is 6.65. The van der Waals surface area contributed by atoms with Crippen molar-refractivity contribution in [2.24, 2.45) is 0 Å². The molecule has 1 aromatic rings. The SMILES string of the molecule is CC(=C(B1OC(C)(C)C(C)(C)O1)B1OC(C)(C)C(C)(C)O1)c1ccccc1. The largest absolute Gasteiger partial charge is 0.486 e. The second-order valence-electron chi connectivity index (χ2n) is 9.62. The lowest BCUT2D eigenvalue weighted by Gasteiger charge is -2.32. The Morgan fingerprint density at radius 3 is 1.30 bits per heavy atom. The molecule has 0 radical (unpaired) electrons. The molecule has 0 spiro atoms. The van der Waals surface area contributed by atoms with Crippen molar-refractivity contribution in [3.63, 3.8) is 0 Å². The Morgan fingerprint density at radius 1 is 0.630 bits per heavy atom. The van der Waals surface area contributed by atoms with Crippen molar-refractivity contribution in [1.29, 1.82) is 0 Å². The topological polar surface area (TPSA) is 36.9 Å². The number of rotatable bonds is 3. The van der Waals surface area contributed by atoms with Crippen LogP contribution in [0, 0.1) is 0 Å². The van der Waals surface area contributed by atoms with E-state index >= 15 is 0 Å². The first kappa shape index (κ1) is 20.7. The molecular formula is C21H32B2O4. The van der Waals surface area contributed by atoms with Gasteiger partial charge in [0.25, 0.3) is 0 Å². The normalized spacial score (nSPS) is 24.9. The standard InChI is InChI=1S/C21H32B2O4/c1-15(16-13-11-10-12-14-16)17(22-24-18(2,3)19(4,5)25-22)23-26-20(6,7)21(8,9)27-23/h10-14H,1-9H3. The Balaban J connectivity index is 2.07. The Labute approximate surface area is 164 Å². The summed E-state index contributed by atoms with van der Waals surface area (Å²) in [6, 6.07) is 10.3. The number of hydrogen-bond acceptors (Lipinski definition) is 4. The molecule has 146 valence electrons. The summed E-state index contributed by atoms with van der Waals surface area (Å²) < 4.78 is 25.5. The molecule has 0 saturated carbocycles. The van der Waals surface area contributed by atoms with Gasteiger partial charge in [0.05, 0.1) is 22.4 Å². The minimum absolute atomic E-state index is 0.427. The zero-order valence-corrected chi connectivity index (χ0v) is 18.2. The lowest BCUT2D eigenvalue weighted by Crippen LogP contribution is -2.41. The molecule has 4 nitrogen and oxygen atoms in total. The molecule has 0 amide bonds. The van der Waals surface area contributed by atoms with Gasteiger partial charge in [-0.25, -0.2) is 0 Å². The van der Waals surface area contributed by atoms with Crippen LogP contribution in [0.5, 0.6) is 0 Å². The van der Waals surface area contributed by atoms with Gasteiger partial charge in [0.1, 0.15) is 0 Å². The minimum atomic E-state index is -0.523. The van der Waals surface area contributed by atoms with Crippen LogP contribution in [0.15, 0.2) is 35.7 Å². The Hall–Kier alpha value is -1.07. The van der Waals surface area contributed by atoms with E-state index in [2.05, 4.69) is 74.4 Å². The average Bonchev–Trinajstić information content (AvgIpc) is 2.87. The smallest absolute Gasteiger partial charge is 0.400 e. The van der Waals surface area contributed by atoms with Crippen LogP contribution in [0.25, 0.3) is 5.57 Å². The summed E-state index contributed by atoms with van der Waals surface area (Å²) >= 11 is 0. The lowest BCUT2D eigenvalue weighted by atomic mass is 9.55. The van der Waals surface area contributed by atoms with Crippen molar-refractivity contribution in [3.05, 3.63) is 41.3 Å². The second kappa shape index (κ2) is 6.48. The minimum Gasteiger partial charge on any atom is -0.400 e. The van der Waals surface area contributed by atoms with Gasteiger partial charge in [-0.3, -0.25) is 0 Å². The van der Waals surface area contributed by atoms with E-state index in [4.69, 9.17) is 18.6 Å². The van der Waals surface area contributed by atoms with Gasteiger partial charge in [0.2, 0.25) is 0 Å². The molecule has 2 fully saturated rings. The summed E-state index contributed by atoms with van der Waals surface area (Å²) in [4.78, 5) is 0. The number of benzene rings is 1. The van der Waals surface area contributed by atoms with Gasteiger partial charge in [-0.05, 0) is 73.2 Å². The summed E-state index contributed by atoms with van der Waals surface area (Å²) in [5.74, 6) is 0. The van der Waals surface area contributed by atoms with Gasteiger partial charge in [0, 0.05) is 0 Å². The van der Waals surface area contributed by atoms with E-state index in [1.54, 1.807) is 0 Å². The van der Waals surface area contributed by atoms with Crippen LogP contribution >= 0.6 is 0 Å². The monoisotopic (exact) mass is 370 g/mol. The molecule has 2 aliphatic rings. The molecule has 0 aliphatic carbocycles. The zero-order chi connectivity index (χ0) is 20.3. The molecule has 0 atom stereocenters. The van der Waals surface area contributed by atoms with Crippen LogP contribution in [0.4, 0.5) is 0 Å². The van der Waals surface area contributed by atoms with Crippen LogP contribution in [0.1, 0.15) is 67.9 Å². The van der Waals surface area contributed by atoms with Crippen molar-refractivity contribution in [1.82, 2.24) is 0 Å². The van der Waals surface area contributed by atoms with Crippen LogP contribution in [-0.4, -0.2) is 36.6 Å². The highest BCUT2D eigenvalue weighted by atomic mass is 16.7. The van der Waals surface area contributed by atoms with E-state index < -0.39 is 36.6 Å². The molecule has 0 unspecified atom stereocenters. The van der Waals surface area contributed by atoms with E-state index in [0.29, 0.717) is 0 Å². The number of hydrogen-bond donors (Lipinski definition) is 0. The van der Waals surface area contributed by atoms with Crippen LogP contribution in [0.3, 0.4) is 0 Å². The van der Waals surface area contributed by atoms with Crippen molar-refractivity contribution in [2.75, 3.05) is 0 Å². The van der Waals surface area contributed by atoms with E-state index in [9.17, 15) is 0 Å². The molecule has 0 bridgehead atoms. The van der Waals surface area contributed by atoms with E-state index in [0.717, 1.165) is 16.5 Å². The Bertz CT molecular complexity index is 668. The van der Waals surface area contributed by atoms with Gasteiger partial charge in [-0.2, -0.15) is 0 Å². The third kappa shape index (κ3) is 3.53. The third-order valence-electron chi connectivity index (χ3n) is 6.65. The molecule has 2 aliphatic heterocycles. The molecule has 6 heteroatoms. The van der Waals surface area contributed by atoms with Gasteiger partial charge >= 0.3 is 14.2 Å². The predicted molar refractivity (Wildman–Crippen MR) is 111 cm³/mol. The summed E-state index contributed by atoms with van der Waals surface area (Å²) in [6.07, 6.45) is 0. The van der Waals surface area contributed by atoms with Gasteiger partial charge < -0.3 is 18.6 Å². The van der Waals surface area contributed by atoms with Gasteiger partial charge in [-0.1, -0.05) is 35.9 Å². The van der Waals surface area contributed by atoms with E-state index in [-0.39, 0.29) is 0 Å². The molecule has 2 saturated heterocycles. The summed E-state index contributed by atoms with van der Waals surface area (Å²) in [7, 11) is -1.05. The van der Waals surface area contributed by atoms with Gasteiger partial charge in [0.15, 0.2) is 0 Å². The average molecular weight is 370 g/mol. The van der Waals surface area contributed by atoms with Crippen molar-refractivity contribution in [3.8, 4) is 0 Å². The summed E-state index contributed by atoms with van der Waals surface area (Å²) in [5.41, 5.74) is 0.463. The van der Waals surface area contributed by atoms with E-state index in [1.165, 1.54) is 0 Å². The maximum Gasteiger partial charge on any atom is 0.486 e. The molecule has 2 heterocycles. The van der Waals surface area contributed by atoms with Crippen molar-refractivity contribution in [2.45, 2.75) is 84.7 Å². The Morgan fingerprint density at radius 2 is 0.963 bits per heavy atom. The van der Waals surface area contributed by atoms with Crippen molar-refractivity contribution >= 4 is 19.8 Å². The first-order valence-corrected chi connectivity index (χ1v) is 9.75. The molecule has 3 rings (SSSR count). The highest BCUT2D eigenvalue weighted by Gasteiger charge is 2.60. The number of allylic oxidation sites excluding steroid dienone is 1. The second-order valence-corrected chi connectivity index (χ2v) is 9.62. The fourth-order valence-electron chi connectivity index (χ4n) is 3.26. The fourth-order valence-corrected chi connectivity index (χ4v) is 3.26. The quantitative estimate of drug-likeness (QED) is 0.722. The van der Waals surface area contributed by atoms with Crippen molar-refractivity contribution < 1.29 is 18.6 Å². The molecule has 1 aromatic carbocycles. The highest BCUT2D eigenvalue weighted by molar-refractivity contribution is 6.80. The summed E-state index contributed by atoms with van der Waals surface area (Å²) in [6.45, 7) is 18.6. The van der Waals surface area contributed by atoms with Crippen LogP contribution < -0.4 is 0 Å². The van der Waals surface area contributed by atoms with Crippen LogP contribution in [-0.2, 0) is 18.6 Å². The van der Waals surface area contributed by atoms with Gasteiger partial charge in [-0.15, -0.1) is 0 Å². The molecular weight excluding hydrogens is 338 g/mol. The molecule has 0 N–H and O–H groups in total. The first-order valence-electron chi connectivity index (χ1n) is 9.75. The molecule has 27 heavy (non-hydrogen) atoms. The fraction of sp³-hybridized carbons (Fsp3) is 0.619. The van der Waals surface area contributed by atoms with E-state index in [1.807, 2.05) is 18.2 Å². The predicted octanol–water partition coefficient (Wildman–Crippen LogP) is 4.72. The summed E-state index contributed by atoms with van der Waals surface area (Å²) in [5, 5.41) is 0.901. The van der Waals surface area contributed by atoms with Crippen LogP contribution in [0.2, 0.25) is 0 Å². The first-order chi connectivity index (χ1) is 12.3. The maximum atomic E-state index is 6.38. The Kier molecular flexibility index (Phi) is 4.96. The lowest BCUT2D eigenvalue weighted by molar-refractivity contribution is 0.00578. The highest BCUT2D eigenvalue weighted by Crippen LogP contribution is 2.44. The zero-order valence-electron chi connectivity index (χ0n) is 18.2. The maximum absolute atomic E-state index is 6.38.